The Morgan fingerprint density at radius 2 is 1.77 bits per heavy atom. The van der Waals surface area contributed by atoms with Crippen molar-refractivity contribution in [3.63, 3.8) is 0 Å². The zero-order valence-corrected chi connectivity index (χ0v) is 14.4. The maximum atomic E-state index is 12.4. The maximum Gasteiger partial charge on any atom is 0.263 e. The predicted octanol–water partition coefficient (Wildman–Crippen LogP) is 3.20. The van der Waals surface area contributed by atoms with Gasteiger partial charge in [-0.2, -0.15) is 5.26 Å². The molecule has 0 aliphatic heterocycles. The van der Waals surface area contributed by atoms with E-state index in [0.717, 1.165) is 5.56 Å². The molecule has 3 aromatic rings. The summed E-state index contributed by atoms with van der Waals surface area (Å²) in [5.74, 6) is -0.568. The number of pyridine rings is 1. The molecule has 7 heteroatoms. The van der Waals surface area contributed by atoms with Crippen LogP contribution in [0.5, 0.6) is 0 Å². The molecule has 1 aromatic carbocycles. The van der Waals surface area contributed by atoms with E-state index in [1.54, 1.807) is 47.8 Å². The highest BCUT2D eigenvalue weighted by atomic mass is 32.1. The minimum Gasteiger partial charge on any atom is -0.347 e. The van der Waals surface area contributed by atoms with Gasteiger partial charge in [0, 0.05) is 24.5 Å². The van der Waals surface area contributed by atoms with Gasteiger partial charge in [-0.05, 0) is 41.3 Å². The fraction of sp³-hybridized carbons (Fsp3) is 0.0526. The summed E-state index contributed by atoms with van der Waals surface area (Å²) in [4.78, 5) is 29.0. The number of hydrogen-bond donors (Lipinski definition) is 2. The number of carbonyl (C=O) groups excluding carboxylic acids is 2. The number of aromatic nitrogens is 1. The van der Waals surface area contributed by atoms with Crippen molar-refractivity contribution in [1.82, 2.24) is 10.3 Å². The smallest absolute Gasteiger partial charge is 0.263 e. The zero-order chi connectivity index (χ0) is 18.4. The summed E-state index contributed by atoms with van der Waals surface area (Å²) in [5.41, 5.74) is 2.39. The normalized spacial score (nSPS) is 9.96. The zero-order valence-electron chi connectivity index (χ0n) is 13.6. The molecule has 6 nitrogen and oxygen atoms in total. The maximum absolute atomic E-state index is 12.4. The van der Waals surface area contributed by atoms with Gasteiger partial charge in [0.2, 0.25) is 0 Å². The molecule has 0 aliphatic rings. The Morgan fingerprint density at radius 1 is 1.04 bits per heavy atom. The molecule has 0 bridgehead atoms. The van der Waals surface area contributed by atoms with Gasteiger partial charge in [-0.15, -0.1) is 11.3 Å². The molecule has 0 saturated carbocycles. The van der Waals surface area contributed by atoms with Crippen molar-refractivity contribution in [3.05, 3.63) is 81.8 Å². The number of nitriles is 1. The van der Waals surface area contributed by atoms with Gasteiger partial charge in [0.25, 0.3) is 11.8 Å². The van der Waals surface area contributed by atoms with Crippen molar-refractivity contribution in [2.75, 3.05) is 5.32 Å². The number of hydrogen-bond acceptors (Lipinski definition) is 5. The average Bonchev–Trinajstić information content (AvgIpc) is 3.15. The number of anilines is 1. The molecule has 0 unspecified atom stereocenters. The molecule has 0 radical (unpaired) electrons. The topological polar surface area (TPSA) is 94.9 Å². The van der Waals surface area contributed by atoms with E-state index >= 15 is 0 Å². The highest BCUT2D eigenvalue weighted by Crippen LogP contribution is 2.23. The molecule has 0 fully saturated rings. The lowest BCUT2D eigenvalue weighted by Gasteiger charge is -2.08. The van der Waals surface area contributed by atoms with E-state index in [2.05, 4.69) is 21.7 Å². The Morgan fingerprint density at radius 3 is 2.46 bits per heavy atom. The molecule has 26 heavy (non-hydrogen) atoms. The standard InChI is InChI=1S/C19H14N4O2S/c20-11-13-1-3-14(4-2-13)12-22-19(25)17-16(7-10-26-17)23-18(24)15-5-8-21-9-6-15/h1-10H,12H2,(H,22,25)(H,23,24). The summed E-state index contributed by atoms with van der Waals surface area (Å²) in [6, 6.07) is 13.9. The second kappa shape index (κ2) is 8.05. The summed E-state index contributed by atoms with van der Waals surface area (Å²) in [7, 11) is 0. The first-order valence-corrected chi connectivity index (χ1v) is 8.61. The Hall–Kier alpha value is -3.50. The molecule has 0 spiro atoms. The summed E-state index contributed by atoms with van der Waals surface area (Å²) in [6.45, 7) is 0.334. The lowest BCUT2D eigenvalue weighted by atomic mass is 10.1. The summed E-state index contributed by atoms with van der Waals surface area (Å²) >= 11 is 1.25. The largest absolute Gasteiger partial charge is 0.347 e. The first-order valence-electron chi connectivity index (χ1n) is 7.73. The van der Waals surface area contributed by atoms with Crippen molar-refractivity contribution in [1.29, 1.82) is 5.26 Å². The minimum absolute atomic E-state index is 0.269. The van der Waals surface area contributed by atoms with E-state index in [1.807, 2.05) is 0 Å². The van der Waals surface area contributed by atoms with Gasteiger partial charge in [0.05, 0.1) is 17.3 Å². The highest BCUT2D eigenvalue weighted by molar-refractivity contribution is 7.12. The minimum atomic E-state index is -0.299. The van der Waals surface area contributed by atoms with E-state index in [1.165, 1.54) is 23.7 Å². The fourth-order valence-electron chi connectivity index (χ4n) is 2.24. The van der Waals surface area contributed by atoms with E-state index in [4.69, 9.17) is 5.26 Å². The van der Waals surface area contributed by atoms with Gasteiger partial charge in [-0.3, -0.25) is 14.6 Å². The van der Waals surface area contributed by atoms with Crippen LogP contribution >= 0.6 is 11.3 Å². The van der Waals surface area contributed by atoms with Gasteiger partial charge < -0.3 is 10.6 Å². The average molecular weight is 362 g/mol. The number of nitrogens with one attached hydrogen (secondary N) is 2. The quantitative estimate of drug-likeness (QED) is 0.729. The highest BCUT2D eigenvalue weighted by Gasteiger charge is 2.15. The van der Waals surface area contributed by atoms with Crippen molar-refractivity contribution in [2.24, 2.45) is 0 Å². The molecule has 0 atom stereocenters. The first-order chi connectivity index (χ1) is 12.7. The second-order valence-electron chi connectivity index (χ2n) is 5.34. The van der Waals surface area contributed by atoms with Crippen LogP contribution in [-0.4, -0.2) is 16.8 Å². The van der Waals surface area contributed by atoms with Crippen LogP contribution in [0.15, 0.2) is 60.2 Å². The first kappa shape index (κ1) is 17.3. The van der Waals surface area contributed by atoms with Crippen molar-refractivity contribution in [2.45, 2.75) is 6.54 Å². The summed E-state index contributed by atoms with van der Waals surface area (Å²) < 4.78 is 0. The van der Waals surface area contributed by atoms with Crippen LogP contribution in [0.25, 0.3) is 0 Å². The molecule has 2 aromatic heterocycles. The number of carbonyl (C=O) groups is 2. The number of rotatable bonds is 5. The van der Waals surface area contributed by atoms with E-state index in [9.17, 15) is 9.59 Å². The van der Waals surface area contributed by atoms with Crippen molar-refractivity contribution in [3.8, 4) is 6.07 Å². The molecule has 128 valence electrons. The van der Waals surface area contributed by atoms with Gasteiger partial charge in [-0.25, -0.2) is 0 Å². The van der Waals surface area contributed by atoms with E-state index in [0.29, 0.717) is 28.2 Å². The third-order valence-corrected chi connectivity index (χ3v) is 4.51. The van der Waals surface area contributed by atoms with Crippen molar-refractivity contribution < 1.29 is 9.59 Å². The van der Waals surface area contributed by atoms with Crippen LogP contribution in [0.1, 0.15) is 31.2 Å². The number of nitrogens with zero attached hydrogens (tertiary/aromatic N) is 2. The predicted molar refractivity (Wildman–Crippen MR) is 98.8 cm³/mol. The number of benzene rings is 1. The fourth-order valence-corrected chi connectivity index (χ4v) is 3.01. The van der Waals surface area contributed by atoms with Gasteiger partial charge in [0.15, 0.2) is 0 Å². The number of amides is 2. The lowest BCUT2D eigenvalue weighted by Crippen LogP contribution is -2.23. The third-order valence-electron chi connectivity index (χ3n) is 3.60. The van der Waals surface area contributed by atoms with Crippen LogP contribution in [0.4, 0.5) is 5.69 Å². The molecular weight excluding hydrogens is 348 g/mol. The molecular formula is C19H14N4O2S. The Balaban J connectivity index is 1.64. The Kier molecular flexibility index (Phi) is 5.37. The SMILES string of the molecule is N#Cc1ccc(CNC(=O)c2sccc2NC(=O)c2ccncc2)cc1. The summed E-state index contributed by atoms with van der Waals surface area (Å²) in [5, 5.41) is 16.1. The molecule has 2 heterocycles. The Labute approximate surface area is 154 Å². The number of thiophene rings is 1. The summed E-state index contributed by atoms with van der Waals surface area (Å²) in [6.07, 6.45) is 3.07. The van der Waals surface area contributed by atoms with Crippen LogP contribution in [0.2, 0.25) is 0 Å². The van der Waals surface area contributed by atoms with Crippen LogP contribution < -0.4 is 10.6 Å². The van der Waals surface area contributed by atoms with Gasteiger partial charge in [-0.1, -0.05) is 12.1 Å². The monoisotopic (exact) mass is 362 g/mol. The Bertz CT molecular complexity index is 959. The van der Waals surface area contributed by atoms with Crippen LogP contribution in [-0.2, 0) is 6.54 Å². The van der Waals surface area contributed by atoms with Crippen LogP contribution in [0, 0.1) is 11.3 Å². The molecule has 3 rings (SSSR count). The van der Waals surface area contributed by atoms with Gasteiger partial charge in [0.1, 0.15) is 4.88 Å². The van der Waals surface area contributed by atoms with E-state index in [-0.39, 0.29) is 11.8 Å². The van der Waals surface area contributed by atoms with Crippen LogP contribution in [0.3, 0.4) is 0 Å². The van der Waals surface area contributed by atoms with Crippen molar-refractivity contribution >= 4 is 28.8 Å². The third kappa shape index (κ3) is 4.12. The molecule has 2 amide bonds. The second-order valence-corrected chi connectivity index (χ2v) is 6.26. The molecule has 0 saturated heterocycles. The molecule has 0 aliphatic carbocycles. The van der Waals surface area contributed by atoms with E-state index < -0.39 is 0 Å². The van der Waals surface area contributed by atoms with Gasteiger partial charge >= 0.3 is 0 Å². The lowest BCUT2D eigenvalue weighted by molar-refractivity contribution is 0.0955. The molecule has 2 N–H and O–H groups in total.